The minimum atomic E-state index is -0.292. The van der Waals surface area contributed by atoms with Gasteiger partial charge in [0.15, 0.2) is 0 Å². The van der Waals surface area contributed by atoms with E-state index in [0.29, 0.717) is 22.3 Å². The van der Waals surface area contributed by atoms with Crippen LogP contribution in [0.2, 0.25) is 0 Å². The molecule has 4 nitrogen and oxygen atoms in total. The normalized spacial score (nSPS) is 10.8. The highest BCUT2D eigenvalue weighted by molar-refractivity contribution is 5.71. The van der Waals surface area contributed by atoms with Crippen LogP contribution < -0.4 is 0 Å². The molecule has 0 bridgehead atoms. The number of hydrogen-bond acceptors (Lipinski definition) is 4. The molecule has 4 heteroatoms. The fourth-order valence-electron chi connectivity index (χ4n) is 2.47. The zero-order chi connectivity index (χ0) is 14.5. The molecule has 0 amide bonds. The third-order valence-corrected chi connectivity index (χ3v) is 3.49. The van der Waals surface area contributed by atoms with Crippen LogP contribution in [0, 0.1) is 0 Å². The summed E-state index contributed by atoms with van der Waals surface area (Å²) in [5.41, 5.74) is 3.77. The van der Waals surface area contributed by atoms with Crippen molar-refractivity contribution in [3.8, 4) is 11.1 Å². The molecule has 0 aliphatic rings. The van der Waals surface area contributed by atoms with Crippen molar-refractivity contribution in [1.29, 1.82) is 0 Å². The SMILES string of the molecule is OCc1cc(-c2ccccc2)c(CO)c(CO)c1CO. The van der Waals surface area contributed by atoms with E-state index in [2.05, 4.69) is 0 Å². The van der Waals surface area contributed by atoms with Crippen molar-refractivity contribution in [2.75, 3.05) is 0 Å². The van der Waals surface area contributed by atoms with Gasteiger partial charge in [0.25, 0.3) is 0 Å². The monoisotopic (exact) mass is 274 g/mol. The maximum atomic E-state index is 9.62. The zero-order valence-electron chi connectivity index (χ0n) is 11.1. The van der Waals surface area contributed by atoms with Crippen LogP contribution in [0.25, 0.3) is 11.1 Å². The van der Waals surface area contributed by atoms with E-state index in [-0.39, 0.29) is 26.4 Å². The van der Waals surface area contributed by atoms with Crippen molar-refractivity contribution < 1.29 is 20.4 Å². The molecule has 0 saturated heterocycles. The van der Waals surface area contributed by atoms with Crippen LogP contribution >= 0.6 is 0 Å². The van der Waals surface area contributed by atoms with Crippen molar-refractivity contribution >= 4 is 0 Å². The topological polar surface area (TPSA) is 80.9 Å². The lowest BCUT2D eigenvalue weighted by molar-refractivity contribution is 0.240. The average molecular weight is 274 g/mol. The molecule has 2 aromatic carbocycles. The van der Waals surface area contributed by atoms with Gasteiger partial charge in [-0.25, -0.2) is 0 Å². The van der Waals surface area contributed by atoms with Gasteiger partial charge in [-0.1, -0.05) is 30.3 Å². The second-order valence-corrected chi connectivity index (χ2v) is 4.52. The van der Waals surface area contributed by atoms with E-state index in [1.807, 2.05) is 30.3 Å². The summed E-state index contributed by atoms with van der Waals surface area (Å²) in [4.78, 5) is 0. The Morgan fingerprint density at radius 2 is 1.25 bits per heavy atom. The van der Waals surface area contributed by atoms with Crippen molar-refractivity contribution in [3.05, 3.63) is 58.7 Å². The molecule has 20 heavy (non-hydrogen) atoms. The molecular weight excluding hydrogens is 256 g/mol. The van der Waals surface area contributed by atoms with Crippen LogP contribution in [0.5, 0.6) is 0 Å². The van der Waals surface area contributed by atoms with Crippen molar-refractivity contribution in [2.24, 2.45) is 0 Å². The number of benzene rings is 2. The molecule has 0 aliphatic heterocycles. The lowest BCUT2D eigenvalue weighted by Crippen LogP contribution is -2.07. The highest BCUT2D eigenvalue weighted by Gasteiger charge is 2.17. The van der Waals surface area contributed by atoms with Gasteiger partial charge < -0.3 is 20.4 Å². The Morgan fingerprint density at radius 3 is 1.75 bits per heavy atom. The first-order valence-electron chi connectivity index (χ1n) is 6.42. The molecular formula is C16H18O4. The van der Waals surface area contributed by atoms with E-state index in [4.69, 9.17) is 0 Å². The van der Waals surface area contributed by atoms with E-state index in [1.54, 1.807) is 6.07 Å². The Bertz CT molecular complexity index is 579. The van der Waals surface area contributed by atoms with Gasteiger partial charge in [0.05, 0.1) is 26.4 Å². The molecule has 0 unspecified atom stereocenters. The molecule has 106 valence electrons. The van der Waals surface area contributed by atoms with Crippen LogP contribution in [-0.2, 0) is 26.4 Å². The predicted octanol–water partition coefficient (Wildman–Crippen LogP) is 1.32. The summed E-state index contributed by atoms with van der Waals surface area (Å²) in [5, 5.41) is 38.1. The molecule has 0 atom stereocenters. The summed E-state index contributed by atoms with van der Waals surface area (Å²) < 4.78 is 0. The van der Waals surface area contributed by atoms with E-state index < -0.39 is 0 Å². The first-order chi connectivity index (χ1) is 9.76. The third kappa shape index (κ3) is 2.59. The zero-order valence-corrected chi connectivity index (χ0v) is 11.1. The summed E-state index contributed by atoms with van der Waals surface area (Å²) in [6, 6.07) is 11.2. The average Bonchev–Trinajstić information content (AvgIpc) is 2.53. The molecule has 0 radical (unpaired) electrons. The Hall–Kier alpha value is -1.72. The summed E-state index contributed by atoms with van der Waals surface area (Å²) >= 11 is 0. The lowest BCUT2D eigenvalue weighted by atomic mass is 9.89. The Labute approximate surface area is 117 Å². The van der Waals surface area contributed by atoms with Gasteiger partial charge in [0.1, 0.15) is 0 Å². The van der Waals surface area contributed by atoms with E-state index in [0.717, 1.165) is 11.1 Å². The number of aliphatic hydroxyl groups excluding tert-OH is 4. The maximum absolute atomic E-state index is 9.62. The van der Waals surface area contributed by atoms with Crippen molar-refractivity contribution in [2.45, 2.75) is 26.4 Å². The molecule has 0 aromatic heterocycles. The van der Waals surface area contributed by atoms with Gasteiger partial charge in [-0.15, -0.1) is 0 Å². The fraction of sp³-hybridized carbons (Fsp3) is 0.250. The van der Waals surface area contributed by atoms with Gasteiger partial charge in [-0.05, 0) is 39.4 Å². The molecule has 2 rings (SSSR count). The van der Waals surface area contributed by atoms with Crippen LogP contribution in [0.3, 0.4) is 0 Å². The first-order valence-corrected chi connectivity index (χ1v) is 6.42. The van der Waals surface area contributed by atoms with Crippen molar-refractivity contribution in [1.82, 2.24) is 0 Å². The van der Waals surface area contributed by atoms with Gasteiger partial charge >= 0.3 is 0 Å². The van der Waals surface area contributed by atoms with Crippen LogP contribution in [-0.4, -0.2) is 20.4 Å². The van der Waals surface area contributed by atoms with Crippen LogP contribution in [0.4, 0.5) is 0 Å². The van der Waals surface area contributed by atoms with E-state index >= 15 is 0 Å². The summed E-state index contributed by atoms with van der Waals surface area (Å²) in [6.45, 7) is -1.04. The van der Waals surface area contributed by atoms with Gasteiger partial charge in [-0.2, -0.15) is 0 Å². The minimum absolute atomic E-state index is 0.228. The Balaban J connectivity index is 2.74. The largest absolute Gasteiger partial charge is 0.392 e. The first kappa shape index (κ1) is 14.7. The molecule has 0 fully saturated rings. The van der Waals surface area contributed by atoms with Crippen LogP contribution in [0.15, 0.2) is 36.4 Å². The third-order valence-electron chi connectivity index (χ3n) is 3.49. The summed E-state index contributed by atoms with van der Waals surface area (Å²) in [5.74, 6) is 0. The van der Waals surface area contributed by atoms with E-state index in [9.17, 15) is 20.4 Å². The highest BCUT2D eigenvalue weighted by atomic mass is 16.3. The lowest BCUT2D eigenvalue weighted by Gasteiger charge is -2.19. The Kier molecular flexibility index (Phi) is 4.87. The predicted molar refractivity (Wildman–Crippen MR) is 75.6 cm³/mol. The summed E-state index contributed by atoms with van der Waals surface area (Å²) in [7, 11) is 0. The second-order valence-electron chi connectivity index (χ2n) is 4.52. The molecule has 0 heterocycles. The molecule has 0 spiro atoms. The van der Waals surface area contributed by atoms with Gasteiger partial charge in [0.2, 0.25) is 0 Å². The Morgan fingerprint density at radius 1 is 0.650 bits per heavy atom. The number of hydrogen-bond donors (Lipinski definition) is 4. The van der Waals surface area contributed by atoms with Crippen molar-refractivity contribution in [3.63, 3.8) is 0 Å². The molecule has 2 aromatic rings. The quantitative estimate of drug-likeness (QED) is 0.663. The highest BCUT2D eigenvalue weighted by Crippen LogP contribution is 2.31. The minimum Gasteiger partial charge on any atom is -0.392 e. The second kappa shape index (κ2) is 6.63. The number of aliphatic hydroxyl groups is 4. The molecule has 4 N–H and O–H groups in total. The van der Waals surface area contributed by atoms with Gasteiger partial charge in [0, 0.05) is 0 Å². The fourth-order valence-corrected chi connectivity index (χ4v) is 2.47. The summed E-state index contributed by atoms with van der Waals surface area (Å²) in [6.07, 6.45) is 0. The standard InChI is InChI=1S/C16H18O4/c17-7-12-6-13(11-4-2-1-3-5-11)15(9-19)16(10-20)14(12)8-18/h1-6,17-20H,7-10H2. The molecule has 0 aliphatic carbocycles. The maximum Gasteiger partial charge on any atom is 0.0691 e. The van der Waals surface area contributed by atoms with Crippen LogP contribution in [0.1, 0.15) is 22.3 Å². The number of rotatable bonds is 5. The smallest absolute Gasteiger partial charge is 0.0691 e. The van der Waals surface area contributed by atoms with E-state index in [1.165, 1.54) is 0 Å². The van der Waals surface area contributed by atoms with Gasteiger partial charge in [-0.3, -0.25) is 0 Å². The molecule has 0 saturated carbocycles.